The molecule has 2 nitrogen and oxygen atoms in total. The Hall–Kier alpha value is -0.440. The second-order valence-electron chi connectivity index (χ2n) is 4.92. The minimum atomic E-state index is -0.643. The van der Waals surface area contributed by atoms with Gasteiger partial charge in [0.2, 0.25) is 0 Å². The van der Waals surface area contributed by atoms with Crippen LogP contribution in [-0.4, -0.2) is 20.5 Å². The van der Waals surface area contributed by atoms with Gasteiger partial charge >= 0.3 is 0 Å². The minimum Gasteiger partial charge on any atom is -0.299 e. The van der Waals surface area contributed by atoms with Crippen molar-refractivity contribution in [3.05, 3.63) is 12.2 Å². The van der Waals surface area contributed by atoms with Gasteiger partial charge in [-0.25, -0.2) is 0 Å². The summed E-state index contributed by atoms with van der Waals surface area (Å²) in [5.74, 6) is 0.480. The first-order chi connectivity index (χ1) is 7.08. The van der Waals surface area contributed by atoms with Gasteiger partial charge in [0.25, 0.3) is 0 Å². The molecule has 2 unspecified atom stereocenters. The van der Waals surface area contributed by atoms with E-state index in [0.29, 0.717) is 22.7 Å². The molecule has 0 saturated carbocycles. The lowest BCUT2D eigenvalue weighted by atomic mass is 9.91. The number of fused-ring (bicyclic) bond motifs is 2. The fourth-order valence-electron chi connectivity index (χ4n) is 2.74. The Balaban J connectivity index is 1.99. The van der Waals surface area contributed by atoms with E-state index in [9.17, 15) is 9.00 Å². The molecular formula is C12H18O2S. The van der Waals surface area contributed by atoms with Gasteiger partial charge in [0.15, 0.2) is 0 Å². The third-order valence-corrected chi connectivity index (χ3v) is 5.66. The predicted octanol–water partition coefficient (Wildman–Crippen LogP) is 2.21. The number of Topliss-reactive ketones (excluding diaryl/α,β-unsaturated/α-hetero) is 1. The Morgan fingerprint density at radius 2 is 1.87 bits per heavy atom. The van der Waals surface area contributed by atoms with E-state index in [0.717, 1.165) is 31.3 Å². The van der Waals surface area contributed by atoms with Crippen LogP contribution in [0.5, 0.6) is 0 Å². The van der Waals surface area contributed by atoms with E-state index in [1.165, 1.54) is 0 Å². The zero-order valence-corrected chi connectivity index (χ0v) is 10.0. The van der Waals surface area contributed by atoms with Gasteiger partial charge in [-0.3, -0.25) is 9.00 Å². The van der Waals surface area contributed by atoms with E-state index in [4.69, 9.17) is 0 Å². The van der Waals surface area contributed by atoms with E-state index in [-0.39, 0.29) is 5.92 Å². The van der Waals surface area contributed by atoms with Crippen LogP contribution in [0.15, 0.2) is 12.2 Å². The maximum atomic E-state index is 11.9. The fraction of sp³-hybridized carbons (Fsp3) is 0.750. The molecule has 0 aromatic rings. The third kappa shape index (κ3) is 2.22. The van der Waals surface area contributed by atoms with Gasteiger partial charge in [-0.15, -0.1) is 0 Å². The van der Waals surface area contributed by atoms with Crippen molar-refractivity contribution < 1.29 is 9.00 Å². The Morgan fingerprint density at radius 3 is 2.33 bits per heavy atom. The fourth-order valence-corrected chi connectivity index (χ4v) is 4.86. The van der Waals surface area contributed by atoms with E-state index < -0.39 is 10.8 Å². The number of ketones is 1. The van der Waals surface area contributed by atoms with Gasteiger partial charge < -0.3 is 0 Å². The van der Waals surface area contributed by atoms with Crippen LogP contribution in [0, 0.1) is 5.92 Å². The summed E-state index contributed by atoms with van der Waals surface area (Å²) < 4.78 is 11.8. The van der Waals surface area contributed by atoms with Crippen molar-refractivity contribution in [1.29, 1.82) is 0 Å². The van der Waals surface area contributed by atoms with Crippen LogP contribution in [-0.2, 0) is 15.6 Å². The number of carbonyl (C=O) groups excluding carboxylic acids is 1. The Morgan fingerprint density at radius 1 is 1.33 bits per heavy atom. The highest BCUT2D eigenvalue weighted by Crippen LogP contribution is 2.39. The summed E-state index contributed by atoms with van der Waals surface area (Å²) in [6.45, 7) is 5.67. The largest absolute Gasteiger partial charge is 0.299 e. The Labute approximate surface area is 93.6 Å². The lowest BCUT2D eigenvalue weighted by molar-refractivity contribution is -0.122. The summed E-state index contributed by atoms with van der Waals surface area (Å²) in [6, 6.07) is 0. The molecule has 2 saturated heterocycles. The molecule has 0 N–H and O–H groups in total. The highest BCUT2D eigenvalue weighted by atomic mass is 32.2. The van der Waals surface area contributed by atoms with Crippen LogP contribution in [0.1, 0.15) is 39.0 Å². The zero-order chi connectivity index (χ0) is 11.0. The highest BCUT2D eigenvalue weighted by molar-refractivity contribution is 7.86. The van der Waals surface area contributed by atoms with Gasteiger partial charge in [-0.05, 0) is 32.6 Å². The van der Waals surface area contributed by atoms with E-state index in [1.54, 1.807) is 0 Å². The van der Waals surface area contributed by atoms with Gasteiger partial charge in [-0.2, -0.15) is 0 Å². The number of hydrogen-bond acceptors (Lipinski definition) is 2. The van der Waals surface area contributed by atoms with Gasteiger partial charge in [0.1, 0.15) is 5.78 Å². The zero-order valence-electron chi connectivity index (χ0n) is 9.20. The van der Waals surface area contributed by atoms with Crippen LogP contribution in [0.25, 0.3) is 0 Å². The van der Waals surface area contributed by atoms with Crippen LogP contribution in [0.4, 0.5) is 0 Å². The average Bonchev–Trinajstić information content (AvgIpc) is 2.38. The molecule has 2 aliphatic rings. The molecule has 0 spiro atoms. The molecule has 2 heterocycles. The van der Waals surface area contributed by atoms with Gasteiger partial charge in [0.05, 0.1) is 0 Å². The monoisotopic (exact) mass is 226 g/mol. The first-order valence-corrected chi connectivity index (χ1v) is 6.92. The smallest absolute Gasteiger partial charge is 0.140 e. The molecule has 0 aromatic carbocycles. The minimum absolute atomic E-state index is 0.164. The summed E-state index contributed by atoms with van der Waals surface area (Å²) in [4.78, 5) is 11.9. The molecule has 3 heteroatoms. The second kappa shape index (κ2) is 4.20. The van der Waals surface area contributed by atoms with Crippen LogP contribution >= 0.6 is 0 Å². The van der Waals surface area contributed by atoms with Crippen LogP contribution in [0.3, 0.4) is 0 Å². The Bertz CT molecular complexity index is 306. The normalized spacial score (nSPS) is 39.0. The average molecular weight is 226 g/mol. The van der Waals surface area contributed by atoms with Crippen molar-refractivity contribution in [3.63, 3.8) is 0 Å². The van der Waals surface area contributed by atoms with E-state index in [2.05, 4.69) is 6.58 Å². The summed E-state index contributed by atoms with van der Waals surface area (Å²) >= 11 is 0. The second-order valence-corrected chi connectivity index (χ2v) is 6.91. The lowest BCUT2D eigenvalue weighted by Crippen LogP contribution is -2.32. The summed E-state index contributed by atoms with van der Waals surface area (Å²) in [6.07, 6.45) is 4.35. The molecule has 2 bridgehead atoms. The summed E-state index contributed by atoms with van der Waals surface area (Å²) in [7, 11) is -0.643. The maximum absolute atomic E-state index is 11.9. The van der Waals surface area contributed by atoms with Crippen molar-refractivity contribution in [3.8, 4) is 0 Å². The molecule has 0 aliphatic carbocycles. The molecule has 0 amide bonds. The summed E-state index contributed by atoms with van der Waals surface area (Å²) in [5.41, 5.74) is 0.944. The molecule has 84 valence electrons. The number of allylic oxidation sites excluding steroid dienone is 1. The molecule has 2 rings (SSSR count). The number of hydrogen-bond donors (Lipinski definition) is 0. The van der Waals surface area contributed by atoms with Crippen LogP contribution in [0.2, 0.25) is 0 Å². The summed E-state index contributed by atoms with van der Waals surface area (Å²) in [5, 5.41) is 0.616. The molecule has 15 heavy (non-hydrogen) atoms. The van der Waals surface area contributed by atoms with Crippen LogP contribution < -0.4 is 0 Å². The van der Waals surface area contributed by atoms with E-state index in [1.807, 2.05) is 6.92 Å². The van der Waals surface area contributed by atoms with Crippen molar-refractivity contribution >= 4 is 16.6 Å². The van der Waals surface area contributed by atoms with Crippen molar-refractivity contribution in [2.45, 2.75) is 49.5 Å². The molecule has 0 radical (unpaired) electrons. The van der Waals surface area contributed by atoms with Crippen molar-refractivity contribution in [2.24, 2.45) is 5.92 Å². The van der Waals surface area contributed by atoms with Gasteiger partial charge in [-0.1, -0.05) is 12.2 Å². The Kier molecular flexibility index (Phi) is 3.10. The van der Waals surface area contributed by atoms with Crippen molar-refractivity contribution in [2.75, 3.05) is 0 Å². The molecule has 2 aliphatic heterocycles. The first-order valence-electron chi connectivity index (χ1n) is 5.64. The standard InChI is InChI=1S/C12H18O2S/c1-8(2)5-12(13)9-6-10-3-4-11(7-9)15(10)14/h9-11H,1,3-7H2,2H3. The van der Waals surface area contributed by atoms with Crippen molar-refractivity contribution in [1.82, 2.24) is 0 Å². The van der Waals surface area contributed by atoms with E-state index >= 15 is 0 Å². The predicted molar refractivity (Wildman–Crippen MR) is 62.1 cm³/mol. The number of carbonyl (C=O) groups is 1. The number of rotatable bonds is 3. The molecule has 2 atom stereocenters. The quantitative estimate of drug-likeness (QED) is 0.691. The first kappa shape index (κ1) is 11.1. The molecule has 0 aromatic heterocycles. The third-order valence-electron chi connectivity index (χ3n) is 3.49. The topological polar surface area (TPSA) is 34.1 Å². The lowest BCUT2D eigenvalue weighted by Gasteiger charge is -2.26. The molecular weight excluding hydrogens is 208 g/mol. The van der Waals surface area contributed by atoms with Gasteiger partial charge in [0, 0.05) is 33.6 Å². The molecule has 2 fully saturated rings. The SMILES string of the molecule is C=C(C)CC(=O)C1CC2CCC(C1)S2=O. The highest BCUT2D eigenvalue weighted by Gasteiger charge is 2.42. The maximum Gasteiger partial charge on any atom is 0.140 e.